The van der Waals surface area contributed by atoms with Crippen LogP contribution in [-0.2, 0) is 9.53 Å². The van der Waals surface area contributed by atoms with Crippen LogP contribution in [0.25, 0.3) is 0 Å². The van der Waals surface area contributed by atoms with E-state index in [1.807, 2.05) is 0 Å². The summed E-state index contributed by atoms with van der Waals surface area (Å²) in [4.78, 5) is 12.0. The van der Waals surface area contributed by atoms with Crippen LogP contribution in [0.3, 0.4) is 0 Å². The molecule has 0 heterocycles. The van der Waals surface area contributed by atoms with E-state index in [2.05, 4.69) is 6.92 Å². The quantitative estimate of drug-likeness (QED) is 0.513. The molecule has 1 rings (SSSR count). The molecule has 3 heteroatoms. The Bertz CT molecular complexity index is 243. The summed E-state index contributed by atoms with van der Waals surface area (Å²) >= 11 is 0. The van der Waals surface area contributed by atoms with Crippen LogP contribution in [0.1, 0.15) is 71.1 Å². The summed E-state index contributed by atoms with van der Waals surface area (Å²) in [7, 11) is 0. The summed E-state index contributed by atoms with van der Waals surface area (Å²) in [6.07, 6.45) is 11.8. The average molecular weight is 269 g/mol. The molecule has 0 aromatic rings. The van der Waals surface area contributed by atoms with E-state index in [0.29, 0.717) is 19.1 Å². The molecule has 1 fully saturated rings. The van der Waals surface area contributed by atoms with Crippen molar-refractivity contribution in [3.05, 3.63) is 0 Å². The van der Waals surface area contributed by atoms with Gasteiger partial charge in [0.2, 0.25) is 0 Å². The van der Waals surface area contributed by atoms with E-state index in [4.69, 9.17) is 10.5 Å². The fourth-order valence-corrected chi connectivity index (χ4v) is 2.96. The van der Waals surface area contributed by atoms with Crippen molar-refractivity contribution in [1.29, 1.82) is 0 Å². The first-order valence-corrected chi connectivity index (χ1v) is 8.16. The number of hydrogen-bond donors (Lipinski definition) is 1. The summed E-state index contributed by atoms with van der Waals surface area (Å²) in [5.41, 5.74) is 5.75. The minimum absolute atomic E-state index is 0.00343. The van der Waals surface area contributed by atoms with E-state index < -0.39 is 0 Å². The molecule has 1 aliphatic carbocycles. The van der Waals surface area contributed by atoms with Crippen molar-refractivity contribution < 1.29 is 9.53 Å². The van der Waals surface area contributed by atoms with E-state index in [-0.39, 0.29) is 11.9 Å². The molecule has 3 nitrogen and oxygen atoms in total. The van der Waals surface area contributed by atoms with E-state index in [0.717, 1.165) is 25.7 Å². The van der Waals surface area contributed by atoms with Crippen molar-refractivity contribution in [2.24, 2.45) is 17.6 Å². The molecule has 0 bridgehead atoms. The van der Waals surface area contributed by atoms with Crippen LogP contribution in [0.4, 0.5) is 0 Å². The number of esters is 1. The van der Waals surface area contributed by atoms with Crippen molar-refractivity contribution >= 4 is 5.97 Å². The third kappa shape index (κ3) is 6.42. The van der Waals surface area contributed by atoms with Gasteiger partial charge in [-0.25, -0.2) is 0 Å². The maximum Gasteiger partial charge on any atom is 0.309 e. The fourth-order valence-electron chi connectivity index (χ4n) is 2.96. The zero-order valence-corrected chi connectivity index (χ0v) is 12.5. The molecular formula is C16H31NO2. The van der Waals surface area contributed by atoms with Gasteiger partial charge in [-0.2, -0.15) is 0 Å². The minimum atomic E-state index is 0.00343. The smallest absolute Gasteiger partial charge is 0.309 e. The lowest BCUT2D eigenvalue weighted by Crippen LogP contribution is -2.33. The van der Waals surface area contributed by atoms with Gasteiger partial charge in [0.15, 0.2) is 0 Å². The summed E-state index contributed by atoms with van der Waals surface area (Å²) < 4.78 is 5.43. The van der Waals surface area contributed by atoms with Crippen LogP contribution in [0.5, 0.6) is 0 Å². The molecule has 112 valence electrons. The van der Waals surface area contributed by atoms with Crippen molar-refractivity contribution in [2.45, 2.75) is 71.1 Å². The molecule has 1 aliphatic rings. The molecule has 2 atom stereocenters. The van der Waals surface area contributed by atoms with Gasteiger partial charge in [-0.15, -0.1) is 0 Å². The standard InChI is InChI=1S/C16H31NO2/c1-2-3-4-5-6-9-12-19-16(18)15-11-8-7-10-14(15)13-17/h14-15H,2-13,17H2,1H3. The fraction of sp³-hybridized carbons (Fsp3) is 0.938. The summed E-state index contributed by atoms with van der Waals surface area (Å²) in [6, 6.07) is 0. The molecule has 19 heavy (non-hydrogen) atoms. The number of carbonyl (C=O) groups excluding carboxylic acids is 1. The Balaban J connectivity index is 2.09. The van der Waals surface area contributed by atoms with Crippen LogP contribution < -0.4 is 5.73 Å². The lowest BCUT2D eigenvalue weighted by Gasteiger charge is -2.28. The first-order chi connectivity index (χ1) is 9.29. The van der Waals surface area contributed by atoms with Gasteiger partial charge in [-0.05, 0) is 31.7 Å². The molecular weight excluding hydrogens is 238 g/mol. The van der Waals surface area contributed by atoms with Crippen molar-refractivity contribution in [3.8, 4) is 0 Å². The van der Waals surface area contributed by atoms with Gasteiger partial charge in [-0.3, -0.25) is 4.79 Å². The number of nitrogens with two attached hydrogens (primary N) is 1. The summed E-state index contributed by atoms with van der Waals surface area (Å²) in [5, 5.41) is 0. The first kappa shape index (κ1) is 16.5. The highest BCUT2D eigenvalue weighted by Gasteiger charge is 2.30. The zero-order valence-electron chi connectivity index (χ0n) is 12.5. The average Bonchev–Trinajstić information content (AvgIpc) is 2.46. The van der Waals surface area contributed by atoms with Crippen molar-refractivity contribution in [3.63, 3.8) is 0 Å². The van der Waals surface area contributed by atoms with Crippen LogP contribution in [0.15, 0.2) is 0 Å². The van der Waals surface area contributed by atoms with Gasteiger partial charge in [0.1, 0.15) is 0 Å². The molecule has 2 unspecified atom stereocenters. The van der Waals surface area contributed by atoms with E-state index in [1.54, 1.807) is 0 Å². The Hall–Kier alpha value is -0.570. The van der Waals surface area contributed by atoms with Gasteiger partial charge >= 0.3 is 5.97 Å². The molecule has 2 N–H and O–H groups in total. The van der Waals surface area contributed by atoms with Gasteiger partial charge < -0.3 is 10.5 Å². The number of hydrogen-bond acceptors (Lipinski definition) is 3. The highest BCUT2D eigenvalue weighted by Crippen LogP contribution is 2.30. The number of unbranched alkanes of at least 4 members (excludes halogenated alkanes) is 5. The lowest BCUT2D eigenvalue weighted by atomic mass is 9.79. The van der Waals surface area contributed by atoms with Gasteiger partial charge in [0, 0.05) is 0 Å². The molecule has 0 saturated heterocycles. The molecule has 0 aromatic heterocycles. The molecule has 0 amide bonds. The summed E-state index contributed by atoms with van der Waals surface area (Å²) in [6.45, 7) is 3.44. The lowest BCUT2D eigenvalue weighted by molar-refractivity contribution is -0.151. The van der Waals surface area contributed by atoms with Crippen LogP contribution in [-0.4, -0.2) is 19.1 Å². The molecule has 0 spiro atoms. The van der Waals surface area contributed by atoms with E-state index in [1.165, 1.54) is 38.5 Å². The van der Waals surface area contributed by atoms with Crippen LogP contribution in [0, 0.1) is 11.8 Å². The monoisotopic (exact) mass is 269 g/mol. The predicted molar refractivity (Wildman–Crippen MR) is 78.8 cm³/mol. The van der Waals surface area contributed by atoms with Gasteiger partial charge in [0.25, 0.3) is 0 Å². The second-order valence-corrected chi connectivity index (χ2v) is 5.82. The third-order valence-corrected chi connectivity index (χ3v) is 4.26. The topological polar surface area (TPSA) is 52.3 Å². The highest BCUT2D eigenvalue weighted by atomic mass is 16.5. The van der Waals surface area contributed by atoms with Crippen LogP contribution in [0.2, 0.25) is 0 Å². The van der Waals surface area contributed by atoms with Gasteiger partial charge in [0.05, 0.1) is 12.5 Å². The Labute approximate surface area is 118 Å². The Morgan fingerprint density at radius 1 is 1.11 bits per heavy atom. The largest absolute Gasteiger partial charge is 0.465 e. The minimum Gasteiger partial charge on any atom is -0.465 e. The second kappa shape index (κ2) is 10.2. The Morgan fingerprint density at radius 2 is 1.79 bits per heavy atom. The Kier molecular flexibility index (Phi) is 8.89. The highest BCUT2D eigenvalue weighted by molar-refractivity contribution is 5.72. The van der Waals surface area contributed by atoms with Gasteiger partial charge in [-0.1, -0.05) is 51.9 Å². The van der Waals surface area contributed by atoms with Crippen molar-refractivity contribution in [2.75, 3.05) is 13.2 Å². The second-order valence-electron chi connectivity index (χ2n) is 5.82. The molecule has 1 saturated carbocycles. The molecule has 0 aromatic carbocycles. The predicted octanol–water partition coefficient (Wildman–Crippen LogP) is 3.66. The van der Waals surface area contributed by atoms with Crippen LogP contribution >= 0.6 is 0 Å². The SMILES string of the molecule is CCCCCCCCOC(=O)C1CCCCC1CN. The number of ether oxygens (including phenoxy) is 1. The third-order valence-electron chi connectivity index (χ3n) is 4.26. The maximum atomic E-state index is 12.0. The Morgan fingerprint density at radius 3 is 2.53 bits per heavy atom. The maximum absolute atomic E-state index is 12.0. The number of rotatable bonds is 9. The first-order valence-electron chi connectivity index (χ1n) is 8.16. The molecule has 0 radical (unpaired) electrons. The zero-order chi connectivity index (χ0) is 13.9. The number of carbonyl (C=O) groups is 1. The van der Waals surface area contributed by atoms with E-state index in [9.17, 15) is 4.79 Å². The molecule has 0 aliphatic heterocycles. The summed E-state index contributed by atoms with van der Waals surface area (Å²) in [5.74, 6) is 0.424. The normalized spacial score (nSPS) is 23.3. The van der Waals surface area contributed by atoms with E-state index >= 15 is 0 Å². The van der Waals surface area contributed by atoms with Crippen molar-refractivity contribution in [1.82, 2.24) is 0 Å².